The predicted molar refractivity (Wildman–Crippen MR) is 135 cm³/mol. The Morgan fingerprint density at radius 1 is 1.26 bits per heavy atom. The van der Waals surface area contributed by atoms with Crippen molar-refractivity contribution in [1.82, 2.24) is 25.1 Å². The highest BCUT2D eigenvalue weighted by Gasteiger charge is 2.34. The monoisotopic (exact) mass is 525 g/mol. The Labute approximate surface area is 217 Å². The molecule has 0 aliphatic heterocycles. The number of carbonyl (C=O) groups excluding carboxylic acids is 1. The number of aromatic nitrogens is 4. The second-order valence-corrected chi connectivity index (χ2v) is 9.69. The van der Waals surface area contributed by atoms with E-state index in [1.165, 1.54) is 17.9 Å². The fraction of sp³-hybridized carbons (Fsp3) is 0.407. The van der Waals surface area contributed by atoms with Gasteiger partial charge < -0.3 is 19.5 Å². The number of H-pyrrole nitrogens is 1. The van der Waals surface area contributed by atoms with Gasteiger partial charge in [-0.15, -0.1) is 0 Å². The van der Waals surface area contributed by atoms with Gasteiger partial charge in [-0.25, -0.2) is 13.8 Å². The van der Waals surface area contributed by atoms with Crippen molar-refractivity contribution in [3.63, 3.8) is 0 Å². The lowest BCUT2D eigenvalue weighted by atomic mass is 9.83. The minimum atomic E-state index is -0.852. The third-order valence-corrected chi connectivity index (χ3v) is 7.22. The van der Waals surface area contributed by atoms with E-state index in [4.69, 9.17) is 14.1 Å². The van der Waals surface area contributed by atoms with Crippen molar-refractivity contribution in [1.29, 1.82) is 0 Å². The molecule has 11 heteroatoms. The van der Waals surface area contributed by atoms with Crippen molar-refractivity contribution >= 4 is 17.0 Å². The number of aromatic amines is 1. The first-order valence-electron chi connectivity index (χ1n) is 12.5. The summed E-state index contributed by atoms with van der Waals surface area (Å²) in [5.74, 6) is -1.16. The average molecular weight is 526 g/mol. The average Bonchev–Trinajstić information content (AvgIpc) is 3.53. The molecular weight excluding hydrogens is 496 g/mol. The number of pyridine rings is 1. The minimum absolute atomic E-state index is 0.0567. The molecular formula is C27H29F2N5O4. The summed E-state index contributed by atoms with van der Waals surface area (Å²) < 4.78 is 40.8. The first kappa shape index (κ1) is 25.8. The number of benzene rings is 1. The van der Waals surface area contributed by atoms with Crippen LogP contribution in [-0.4, -0.2) is 45.5 Å². The van der Waals surface area contributed by atoms with Gasteiger partial charge in [-0.05, 0) is 61.4 Å². The van der Waals surface area contributed by atoms with E-state index in [0.717, 1.165) is 6.20 Å². The van der Waals surface area contributed by atoms with Crippen molar-refractivity contribution in [2.75, 3.05) is 13.7 Å². The third kappa shape index (κ3) is 5.24. The summed E-state index contributed by atoms with van der Waals surface area (Å²) >= 11 is 0. The van der Waals surface area contributed by atoms with Crippen molar-refractivity contribution in [2.45, 2.75) is 43.8 Å². The lowest BCUT2D eigenvalue weighted by molar-refractivity contribution is 0.0877. The van der Waals surface area contributed by atoms with Crippen LogP contribution in [0.1, 0.15) is 65.1 Å². The van der Waals surface area contributed by atoms with Crippen LogP contribution >= 0.6 is 0 Å². The fourth-order valence-corrected chi connectivity index (χ4v) is 5.18. The number of carbonyl (C=O) groups is 1. The standard InChI is InChI=1S/C27H29F2N5O4/c1-34-22(9-10-31-34)26(36)33-24(15-3-6-17(28)7-4-15)27-32-21-11-16(5-8-23(21)38-27)20(14-37-2)19-12-18(29)13-30-25(19)35/h5,8-13,15,17,20,24H,3-4,6-7,14H2,1-2H3,(H,30,35)(H,33,36)/t15?,17?,20-,24+/m1/s1. The maximum Gasteiger partial charge on any atom is 0.270 e. The number of hydrogen-bond acceptors (Lipinski definition) is 6. The second kappa shape index (κ2) is 10.9. The Kier molecular flexibility index (Phi) is 7.37. The number of methoxy groups -OCH3 is 1. The molecule has 0 radical (unpaired) electrons. The zero-order valence-electron chi connectivity index (χ0n) is 21.1. The van der Waals surface area contributed by atoms with E-state index in [0.29, 0.717) is 53.9 Å². The highest BCUT2D eigenvalue weighted by atomic mass is 19.1. The van der Waals surface area contributed by atoms with Gasteiger partial charge in [-0.2, -0.15) is 5.10 Å². The third-order valence-electron chi connectivity index (χ3n) is 7.22. The van der Waals surface area contributed by atoms with Gasteiger partial charge in [-0.1, -0.05) is 6.07 Å². The largest absolute Gasteiger partial charge is 0.438 e. The first-order chi connectivity index (χ1) is 18.3. The number of hydrogen-bond donors (Lipinski definition) is 2. The molecule has 1 saturated carbocycles. The van der Waals surface area contributed by atoms with Crippen LogP contribution in [-0.2, 0) is 11.8 Å². The summed E-state index contributed by atoms with van der Waals surface area (Å²) in [6.07, 6.45) is 3.69. The fourth-order valence-electron chi connectivity index (χ4n) is 5.18. The number of fused-ring (bicyclic) bond motifs is 1. The molecule has 1 aliphatic carbocycles. The van der Waals surface area contributed by atoms with Gasteiger partial charge in [0, 0.05) is 38.0 Å². The summed E-state index contributed by atoms with van der Waals surface area (Å²) in [6.45, 7) is 0.151. The number of amides is 1. The molecule has 1 fully saturated rings. The SMILES string of the molecule is COC[C@H](c1ccc2oc([C@@H](NC(=O)c3ccnn3C)C3CCC(F)CC3)nc2c1)c1cc(F)c[nH]c1=O. The number of rotatable bonds is 8. The maximum atomic E-state index is 13.9. The molecule has 1 aromatic carbocycles. The molecule has 0 unspecified atom stereocenters. The Balaban J connectivity index is 1.50. The van der Waals surface area contributed by atoms with E-state index in [1.807, 2.05) is 0 Å². The zero-order valence-corrected chi connectivity index (χ0v) is 21.1. The van der Waals surface area contributed by atoms with Crippen LogP contribution in [0.2, 0.25) is 0 Å². The van der Waals surface area contributed by atoms with Crippen LogP contribution in [0.4, 0.5) is 8.78 Å². The molecule has 2 atom stereocenters. The van der Waals surface area contributed by atoms with Gasteiger partial charge in [0.25, 0.3) is 11.5 Å². The zero-order chi connectivity index (χ0) is 26.8. The Bertz CT molecular complexity index is 1490. The van der Waals surface area contributed by atoms with E-state index < -0.39 is 29.5 Å². The van der Waals surface area contributed by atoms with Gasteiger partial charge in [0.05, 0.1) is 6.61 Å². The number of nitrogens with one attached hydrogen (secondary N) is 2. The molecule has 3 heterocycles. The number of halogens is 2. The van der Waals surface area contributed by atoms with Crippen LogP contribution in [0.5, 0.6) is 0 Å². The number of alkyl halides is 1. The van der Waals surface area contributed by atoms with E-state index in [2.05, 4.69) is 15.4 Å². The highest BCUT2D eigenvalue weighted by molar-refractivity contribution is 5.92. The van der Waals surface area contributed by atoms with E-state index in [-0.39, 0.29) is 24.0 Å². The quantitative estimate of drug-likeness (QED) is 0.357. The molecule has 0 bridgehead atoms. The Hall–Kier alpha value is -3.86. The highest BCUT2D eigenvalue weighted by Crippen LogP contribution is 2.37. The topological polar surface area (TPSA) is 115 Å². The number of aryl methyl sites for hydroxylation is 1. The van der Waals surface area contributed by atoms with Gasteiger partial charge in [0.2, 0.25) is 5.89 Å². The molecule has 4 aromatic rings. The molecule has 1 aliphatic rings. The molecule has 200 valence electrons. The molecule has 0 saturated heterocycles. The van der Waals surface area contributed by atoms with E-state index >= 15 is 0 Å². The summed E-state index contributed by atoms with van der Waals surface area (Å²) in [4.78, 5) is 32.6. The summed E-state index contributed by atoms with van der Waals surface area (Å²) in [5.41, 5.74) is 1.92. The van der Waals surface area contributed by atoms with Gasteiger partial charge in [-0.3, -0.25) is 14.3 Å². The molecule has 5 rings (SSSR count). The normalized spacial score (nSPS) is 19.4. The van der Waals surface area contributed by atoms with Crippen molar-refractivity contribution in [2.24, 2.45) is 13.0 Å². The van der Waals surface area contributed by atoms with Crippen LogP contribution < -0.4 is 10.9 Å². The second-order valence-electron chi connectivity index (χ2n) is 9.69. The van der Waals surface area contributed by atoms with Crippen LogP contribution in [0.15, 0.2) is 51.9 Å². The van der Waals surface area contributed by atoms with Crippen molar-refractivity contribution in [3.8, 4) is 0 Å². The van der Waals surface area contributed by atoms with Gasteiger partial charge in [0.15, 0.2) is 5.58 Å². The van der Waals surface area contributed by atoms with E-state index in [9.17, 15) is 18.4 Å². The Morgan fingerprint density at radius 3 is 2.76 bits per heavy atom. The van der Waals surface area contributed by atoms with Crippen LogP contribution in [0.3, 0.4) is 0 Å². The number of oxazole rings is 1. The first-order valence-corrected chi connectivity index (χ1v) is 12.5. The number of ether oxygens (including phenoxy) is 1. The number of nitrogens with zero attached hydrogens (tertiary/aromatic N) is 3. The molecule has 9 nitrogen and oxygen atoms in total. The lowest BCUT2D eigenvalue weighted by Crippen LogP contribution is -2.36. The molecule has 0 spiro atoms. The van der Waals surface area contributed by atoms with Crippen LogP contribution in [0, 0.1) is 11.7 Å². The molecule has 1 amide bonds. The molecule has 3 aromatic heterocycles. The maximum absolute atomic E-state index is 13.9. The predicted octanol–water partition coefficient (Wildman–Crippen LogP) is 4.17. The van der Waals surface area contributed by atoms with Crippen LogP contribution in [0.25, 0.3) is 11.1 Å². The summed E-state index contributed by atoms with van der Waals surface area (Å²) in [5, 5.41) is 7.10. The molecule has 2 N–H and O–H groups in total. The van der Waals surface area contributed by atoms with Gasteiger partial charge in [0.1, 0.15) is 29.2 Å². The van der Waals surface area contributed by atoms with Gasteiger partial charge >= 0.3 is 0 Å². The Morgan fingerprint density at radius 2 is 2.05 bits per heavy atom. The van der Waals surface area contributed by atoms with Crippen molar-refractivity contribution < 1.29 is 22.7 Å². The van der Waals surface area contributed by atoms with E-state index in [1.54, 1.807) is 37.5 Å². The van der Waals surface area contributed by atoms with Crippen molar-refractivity contribution in [3.05, 3.63) is 81.6 Å². The smallest absolute Gasteiger partial charge is 0.270 e. The summed E-state index contributed by atoms with van der Waals surface area (Å²) in [6, 6.07) is 7.54. The lowest BCUT2D eigenvalue weighted by Gasteiger charge is -2.30. The minimum Gasteiger partial charge on any atom is -0.438 e. The summed E-state index contributed by atoms with van der Waals surface area (Å²) in [7, 11) is 3.19. The molecule has 38 heavy (non-hydrogen) atoms.